The molecule has 4 heterocycles. The highest BCUT2D eigenvalue weighted by molar-refractivity contribution is 7.89. The Labute approximate surface area is 200 Å². The zero-order chi connectivity index (χ0) is 23.3. The summed E-state index contributed by atoms with van der Waals surface area (Å²) in [5.74, 6) is 1.40. The molecule has 0 atom stereocenters. The van der Waals surface area contributed by atoms with E-state index in [-0.39, 0.29) is 28.0 Å². The third kappa shape index (κ3) is 3.74. The van der Waals surface area contributed by atoms with Gasteiger partial charge in [-0.1, -0.05) is 29.3 Å². The molecule has 1 saturated heterocycles. The topological polar surface area (TPSA) is 102 Å². The van der Waals surface area contributed by atoms with Gasteiger partial charge in [0.1, 0.15) is 17.0 Å². The molecule has 1 aliphatic heterocycles. The molecule has 172 valence electrons. The molecule has 0 amide bonds. The van der Waals surface area contributed by atoms with Gasteiger partial charge in [-0.05, 0) is 12.1 Å². The van der Waals surface area contributed by atoms with Gasteiger partial charge >= 0.3 is 0 Å². The summed E-state index contributed by atoms with van der Waals surface area (Å²) in [6.07, 6.45) is 5.13. The normalized spacial score (nSPS) is 15.5. The van der Waals surface area contributed by atoms with Crippen molar-refractivity contribution in [3.63, 3.8) is 0 Å². The molecule has 13 heteroatoms. The van der Waals surface area contributed by atoms with E-state index in [0.717, 1.165) is 11.4 Å². The molecule has 10 nitrogen and oxygen atoms in total. The predicted molar refractivity (Wildman–Crippen MR) is 126 cm³/mol. The van der Waals surface area contributed by atoms with Gasteiger partial charge < -0.3 is 9.47 Å². The molecule has 4 aromatic rings. The Morgan fingerprint density at radius 3 is 2.33 bits per heavy atom. The summed E-state index contributed by atoms with van der Waals surface area (Å²) in [6, 6.07) is 4.67. The van der Waals surface area contributed by atoms with Crippen LogP contribution in [0.25, 0.3) is 22.6 Å². The lowest BCUT2D eigenvalue weighted by atomic mass is 10.3. The monoisotopic (exact) mass is 506 g/mol. The zero-order valence-corrected chi connectivity index (χ0v) is 20.2. The minimum Gasteiger partial charge on any atom is -0.352 e. The molecule has 1 aromatic carbocycles. The molecule has 0 N–H and O–H groups in total. The Hall–Kier alpha value is -2.73. The van der Waals surface area contributed by atoms with E-state index in [9.17, 15) is 8.42 Å². The van der Waals surface area contributed by atoms with E-state index < -0.39 is 10.0 Å². The fraction of sp³-hybridized carbons (Fsp3) is 0.300. The minimum atomic E-state index is -3.83. The first kappa shape index (κ1) is 22.1. The zero-order valence-electron chi connectivity index (χ0n) is 17.9. The van der Waals surface area contributed by atoms with Crippen LogP contribution < -0.4 is 4.90 Å². The second-order valence-corrected chi connectivity index (χ2v) is 10.4. The van der Waals surface area contributed by atoms with Gasteiger partial charge in [-0.15, -0.1) is 0 Å². The van der Waals surface area contributed by atoms with E-state index in [2.05, 4.69) is 15.1 Å². The average Bonchev–Trinajstić information content (AvgIpc) is 3.36. The summed E-state index contributed by atoms with van der Waals surface area (Å²) in [4.78, 5) is 15.6. The first-order valence-corrected chi connectivity index (χ1v) is 12.3. The third-order valence-electron chi connectivity index (χ3n) is 5.65. The van der Waals surface area contributed by atoms with Crippen LogP contribution in [0.15, 0.2) is 41.8 Å². The van der Waals surface area contributed by atoms with E-state index in [1.54, 1.807) is 16.9 Å². The Kier molecular flexibility index (Phi) is 5.52. The van der Waals surface area contributed by atoms with Crippen molar-refractivity contribution < 1.29 is 8.42 Å². The second kappa shape index (κ2) is 8.24. The summed E-state index contributed by atoms with van der Waals surface area (Å²) in [7, 11) is -0.0837. The van der Waals surface area contributed by atoms with E-state index in [1.165, 1.54) is 22.8 Å². The van der Waals surface area contributed by atoms with Crippen molar-refractivity contribution in [3.05, 3.63) is 47.0 Å². The third-order valence-corrected chi connectivity index (χ3v) is 8.51. The minimum absolute atomic E-state index is 0.0583. The van der Waals surface area contributed by atoms with Crippen molar-refractivity contribution >= 4 is 50.2 Å². The van der Waals surface area contributed by atoms with Gasteiger partial charge in [0, 0.05) is 46.5 Å². The number of fused-ring (bicyclic) bond motifs is 1. The van der Waals surface area contributed by atoms with Gasteiger partial charge in [0.15, 0.2) is 17.0 Å². The molecular formula is C20H20Cl2N8O2S. The number of nitrogens with zero attached hydrogens (tertiary/aromatic N) is 8. The Bertz CT molecular complexity index is 1440. The second-order valence-electron chi connectivity index (χ2n) is 7.71. The highest BCUT2D eigenvalue weighted by Gasteiger charge is 2.33. The average molecular weight is 507 g/mol. The van der Waals surface area contributed by atoms with Gasteiger partial charge in [-0.2, -0.15) is 9.40 Å². The summed E-state index contributed by atoms with van der Waals surface area (Å²) < 4.78 is 31.4. The van der Waals surface area contributed by atoms with Gasteiger partial charge in [-0.3, -0.25) is 4.68 Å². The predicted octanol–water partition coefficient (Wildman–Crippen LogP) is 2.58. The first-order valence-electron chi connectivity index (χ1n) is 10.1. The Morgan fingerprint density at radius 1 is 1.00 bits per heavy atom. The smallest absolute Gasteiger partial charge is 0.246 e. The SMILES string of the molecule is Cn1cc(-c2nc3c(N4CCN(S(=O)(=O)c5c(Cl)cccc5Cl)CC4)ncnc3n2C)cn1. The number of halogens is 2. The van der Waals surface area contributed by atoms with Gasteiger partial charge in [0.2, 0.25) is 10.0 Å². The molecule has 33 heavy (non-hydrogen) atoms. The fourth-order valence-corrected chi connectivity index (χ4v) is 6.53. The van der Waals surface area contributed by atoms with E-state index in [0.29, 0.717) is 30.1 Å². The van der Waals surface area contributed by atoms with Crippen molar-refractivity contribution in [1.29, 1.82) is 0 Å². The maximum atomic E-state index is 13.2. The summed E-state index contributed by atoms with van der Waals surface area (Å²) >= 11 is 12.3. The Balaban J connectivity index is 1.43. The van der Waals surface area contributed by atoms with E-state index in [1.807, 2.05) is 29.8 Å². The highest BCUT2D eigenvalue weighted by Crippen LogP contribution is 2.33. The summed E-state index contributed by atoms with van der Waals surface area (Å²) in [5.41, 5.74) is 2.22. The lowest BCUT2D eigenvalue weighted by Gasteiger charge is -2.34. The molecule has 5 rings (SSSR count). The van der Waals surface area contributed by atoms with Crippen LogP contribution in [-0.2, 0) is 24.1 Å². The lowest BCUT2D eigenvalue weighted by molar-refractivity contribution is 0.384. The lowest BCUT2D eigenvalue weighted by Crippen LogP contribution is -2.49. The van der Waals surface area contributed by atoms with Gasteiger partial charge in [0.05, 0.1) is 21.8 Å². The number of anilines is 1. The van der Waals surface area contributed by atoms with Crippen molar-refractivity contribution in [3.8, 4) is 11.4 Å². The molecule has 0 saturated carbocycles. The molecule has 0 unspecified atom stereocenters. The number of rotatable bonds is 4. The number of hydrogen-bond acceptors (Lipinski definition) is 7. The maximum absolute atomic E-state index is 13.2. The fourth-order valence-electron chi connectivity index (χ4n) is 4.01. The van der Waals surface area contributed by atoms with E-state index >= 15 is 0 Å². The number of aryl methyl sites for hydroxylation is 2. The maximum Gasteiger partial charge on any atom is 0.246 e. The van der Waals surface area contributed by atoms with E-state index in [4.69, 9.17) is 28.2 Å². The summed E-state index contributed by atoms with van der Waals surface area (Å²) in [6.45, 7) is 1.40. The first-order chi connectivity index (χ1) is 15.8. The molecule has 0 spiro atoms. The number of sulfonamides is 1. The number of benzene rings is 1. The molecule has 1 aliphatic rings. The van der Waals surface area contributed by atoms with Crippen LogP contribution in [0, 0.1) is 0 Å². The number of aromatic nitrogens is 6. The standard InChI is InChI=1S/C20H20Cl2N8O2S/c1-27-11-13(10-25-27)18-26-16-19(28(18)2)23-12-24-20(16)29-6-8-30(9-7-29)33(31,32)17-14(21)4-3-5-15(17)22/h3-5,10-12H,6-9H2,1-2H3. The summed E-state index contributed by atoms with van der Waals surface area (Å²) in [5, 5.41) is 4.44. The van der Waals surface area contributed by atoms with Crippen molar-refractivity contribution in [2.45, 2.75) is 4.90 Å². The van der Waals surface area contributed by atoms with Crippen LogP contribution in [0.2, 0.25) is 10.0 Å². The number of piperazine rings is 1. The van der Waals surface area contributed by atoms with Crippen molar-refractivity contribution in [2.24, 2.45) is 14.1 Å². The van der Waals surface area contributed by atoms with Gasteiger partial charge in [-0.25, -0.2) is 23.4 Å². The highest BCUT2D eigenvalue weighted by atomic mass is 35.5. The van der Waals surface area contributed by atoms with Crippen LogP contribution in [0.3, 0.4) is 0 Å². The van der Waals surface area contributed by atoms with Crippen LogP contribution >= 0.6 is 23.2 Å². The molecule has 1 fully saturated rings. The quantitative estimate of drug-likeness (QED) is 0.419. The Morgan fingerprint density at radius 2 is 1.70 bits per heavy atom. The largest absolute Gasteiger partial charge is 0.352 e. The molecule has 3 aromatic heterocycles. The van der Waals surface area contributed by atoms with Crippen LogP contribution in [-0.4, -0.2) is 68.2 Å². The number of imidazole rings is 1. The van der Waals surface area contributed by atoms with Gasteiger partial charge in [0.25, 0.3) is 0 Å². The molecular weight excluding hydrogens is 487 g/mol. The van der Waals surface area contributed by atoms with Crippen molar-refractivity contribution in [2.75, 3.05) is 31.1 Å². The van der Waals surface area contributed by atoms with Crippen LogP contribution in [0.5, 0.6) is 0 Å². The van der Waals surface area contributed by atoms with Crippen LogP contribution in [0.1, 0.15) is 0 Å². The van der Waals surface area contributed by atoms with Crippen molar-refractivity contribution in [1.82, 2.24) is 33.6 Å². The molecule has 0 radical (unpaired) electrons. The van der Waals surface area contributed by atoms with Crippen LogP contribution in [0.4, 0.5) is 5.82 Å². The molecule has 0 aliphatic carbocycles. The number of hydrogen-bond donors (Lipinski definition) is 0. The molecule has 0 bridgehead atoms.